The third-order valence-electron chi connectivity index (χ3n) is 4.43. The Morgan fingerprint density at radius 2 is 2.33 bits per heavy atom. The molecule has 0 spiro atoms. The van der Waals surface area contributed by atoms with E-state index in [1.165, 1.54) is 28.5 Å². The first kappa shape index (κ1) is 20.0. The molecule has 0 aliphatic carbocycles. The molecule has 1 amide bonds. The number of halogens is 1. The van der Waals surface area contributed by atoms with E-state index in [0.717, 1.165) is 22.7 Å². The van der Waals surface area contributed by atoms with Gasteiger partial charge in [0.1, 0.15) is 0 Å². The van der Waals surface area contributed by atoms with Crippen molar-refractivity contribution in [2.45, 2.75) is 30.1 Å². The van der Waals surface area contributed by atoms with Crippen molar-refractivity contribution < 1.29 is 14.7 Å². The highest BCUT2D eigenvalue weighted by molar-refractivity contribution is 8.01. The fourth-order valence-electron chi connectivity index (χ4n) is 2.90. The number of carboxylic acid groups (broad SMARTS) is 1. The number of aryl methyl sites for hydroxylation is 1. The fourth-order valence-corrected chi connectivity index (χ4v) is 4.89. The smallest absolute Gasteiger partial charge is 0.355 e. The number of aromatic nitrogens is 1. The van der Waals surface area contributed by atoms with Crippen LogP contribution in [0.4, 0.5) is 5.69 Å². The van der Waals surface area contributed by atoms with Crippen LogP contribution in [0.1, 0.15) is 28.9 Å². The molecule has 0 unspecified atom stereocenters. The van der Waals surface area contributed by atoms with Crippen LogP contribution in [0.2, 0.25) is 5.02 Å². The lowest BCUT2D eigenvalue weighted by Crippen LogP contribution is -2.39. The average Bonchev–Trinajstić information content (AvgIpc) is 3.24. The van der Waals surface area contributed by atoms with Gasteiger partial charge in [0, 0.05) is 47.4 Å². The maximum atomic E-state index is 12.2. The predicted octanol–water partition coefficient (Wildman–Crippen LogP) is 4.00. The number of carbonyl (C=O) groups is 2. The van der Waals surface area contributed by atoms with Gasteiger partial charge in [-0.05, 0) is 31.0 Å². The third kappa shape index (κ3) is 5.15. The molecule has 1 aromatic heterocycles. The van der Waals surface area contributed by atoms with E-state index in [9.17, 15) is 9.59 Å². The second-order valence-corrected chi connectivity index (χ2v) is 8.88. The van der Waals surface area contributed by atoms with Gasteiger partial charge in [0.2, 0.25) is 5.91 Å². The second-order valence-electron chi connectivity index (χ2n) is 6.28. The largest absolute Gasteiger partial charge is 0.476 e. The molecule has 144 valence electrons. The van der Waals surface area contributed by atoms with Gasteiger partial charge in [0.05, 0.1) is 0 Å². The number of nitrogens with zero attached hydrogens (tertiary/aromatic N) is 2. The average molecular weight is 426 g/mol. The number of hydrogen-bond acceptors (Lipinski definition) is 6. The van der Waals surface area contributed by atoms with E-state index in [2.05, 4.69) is 10.3 Å². The molecule has 2 heterocycles. The number of aromatic carboxylic acids is 1. The topological polar surface area (TPSA) is 82.5 Å². The molecule has 1 atom stereocenters. The van der Waals surface area contributed by atoms with Crippen molar-refractivity contribution in [2.75, 3.05) is 24.2 Å². The Bertz CT molecular complexity index is 843. The van der Waals surface area contributed by atoms with Gasteiger partial charge in [0.25, 0.3) is 0 Å². The van der Waals surface area contributed by atoms with Crippen LogP contribution >= 0.6 is 34.7 Å². The number of carboxylic acids is 1. The number of rotatable bonds is 8. The van der Waals surface area contributed by atoms with Gasteiger partial charge in [0.15, 0.2) is 10.0 Å². The minimum atomic E-state index is -1.02. The van der Waals surface area contributed by atoms with Crippen molar-refractivity contribution in [2.24, 2.45) is 0 Å². The Morgan fingerprint density at radius 1 is 1.52 bits per heavy atom. The zero-order valence-corrected chi connectivity index (χ0v) is 17.2. The van der Waals surface area contributed by atoms with E-state index < -0.39 is 5.97 Å². The number of hydrogen-bond donors (Lipinski definition) is 2. The zero-order chi connectivity index (χ0) is 19.4. The van der Waals surface area contributed by atoms with E-state index >= 15 is 0 Å². The maximum Gasteiger partial charge on any atom is 0.355 e. The quantitative estimate of drug-likeness (QED) is 0.622. The van der Waals surface area contributed by atoms with Crippen LogP contribution in [0, 0.1) is 6.92 Å². The van der Waals surface area contributed by atoms with E-state index in [1.807, 2.05) is 30.0 Å². The number of carbonyl (C=O) groups excluding carboxylic acids is 1. The first-order valence-electron chi connectivity index (χ1n) is 8.55. The van der Waals surface area contributed by atoms with Crippen molar-refractivity contribution in [1.29, 1.82) is 0 Å². The van der Waals surface area contributed by atoms with Gasteiger partial charge >= 0.3 is 5.97 Å². The van der Waals surface area contributed by atoms with Gasteiger partial charge in [-0.1, -0.05) is 29.4 Å². The van der Waals surface area contributed by atoms with E-state index in [1.54, 1.807) is 0 Å². The molecule has 9 heteroatoms. The summed E-state index contributed by atoms with van der Waals surface area (Å²) in [5.41, 5.74) is 2.05. The van der Waals surface area contributed by atoms with Crippen LogP contribution in [0.25, 0.3) is 0 Å². The minimum absolute atomic E-state index is 0.0681. The summed E-state index contributed by atoms with van der Waals surface area (Å²) in [6, 6.07) is 6.00. The summed E-state index contributed by atoms with van der Waals surface area (Å²) < 4.78 is 0.711. The molecule has 0 saturated carbocycles. The molecule has 0 radical (unpaired) electrons. The molecule has 1 aliphatic rings. The Balaban J connectivity index is 1.51. The monoisotopic (exact) mass is 425 g/mol. The van der Waals surface area contributed by atoms with Crippen LogP contribution in [-0.4, -0.2) is 51.8 Å². The standard InChI is InChI=1S/C18H20ClN3O3S2/c1-11-2-3-12(8-14(11)19)20-9-13-4-5-16(23)22(13)6-7-26-18-21-15(10-27-18)17(24)25/h2-3,8,10,13,20H,4-7,9H2,1H3,(H,24,25)/t13-/m1/s1. The predicted molar refractivity (Wildman–Crippen MR) is 109 cm³/mol. The van der Waals surface area contributed by atoms with Gasteiger partial charge in [-0.2, -0.15) is 0 Å². The number of thiazole rings is 1. The Kier molecular flexibility index (Phi) is 6.62. The van der Waals surface area contributed by atoms with Crippen molar-refractivity contribution in [3.8, 4) is 0 Å². The summed E-state index contributed by atoms with van der Waals surface area (Å²) >= 11 is 8.95. The van der Waals surface area contributed by atoms with Gasteiger partial charge in [-0.25, -0.2) is 9.78 Å². The molecule has 2 N–H and O–H groups in total. The Labute approximate surface area is 170 Å². The summed E-state index contributed by atoms with van der Waals surface area (Å²) in [6.45, 7) is 3.26. The fraction of sp³-hybridized carbons (Fsp3) is 0.389. The molecule has 0 bridgehead atoms. The SMILES string of the molecule is Cc1ccc(NC[C@H]2CCC(=O)N2CCSc2nc(C(=O)O)cs2)cc1Cl. The van der Waals surface area contributed by atoms with Crippen LogP contribution in [-0.2, 0) is 4.79 Å². The van der Waals surface area contributed by atoms with E-state index in [-0.39, 0.29) is 17.6 Å². The lowest BCUT2D eigenvalue weighted by atomic mass is 10.2. The lowest BCUT2D eigenvalue weighted by molar-refractivity contribution is -0.128. The molecular formula is C18H20ClN3O3S2. The minimum Gasteiger partial charge on any atom is -0.476 e. The summed E-state index contributed by atoms with van der Waals surface area (Å²) in [4.78, 5) is 29.0. The highest BCUT2D eigenvalue weighted by Crippen LogP contribution is 2.26. The molecule has 1 fully saturated rings. The lowest BCUT2D eigenvalue weighted by Gasteiger charge is -2.25. The normalized spacial score (nSPS) is 16.7. The first-order valence-corrected chi connectivity index (χ1v) is 10.8. The molecule has 2 aromatic rings. The summed E-state index contributed by atoms with van der Waals surface area (Å²) in [6.07, 6.45) is 1.39. The molecule has 6 nitrogen and oxygen atoms in total. The van der Waals surface area contributed by atoms with Crippen molar-refractivity contribution in [3.05, 3.63) is 39.9 Å². The van der Waals surface area contributed by atoms with E-state index in [4.69, 9.17) is 16.7 Å². The summed E-state index contributed by atoms with van der Waals surface area (Å²) in [5.74, 6) is -0.171. The summed E-state index contributed by atoms with van der Waals surface area (Å²) in [5, 5.41) is 14.5. The van der Waals surface area contributed by atoms with Crippen LogP contribution in [0.5, 0.6) is 0 Å². The molecular weight excluding hydrogens is 406 g/mol. The molecule has 1 aromatic carbocycles. The zero-order valence-electron chi connectivity index (χ0n) is 14.8. The van der Waals surface area contributed by atoms with Gasteiger partial charge in [-0.3, -0.25) is 4.79 Å². The number of amides is 1. The van der Waals surface area contributed by atoms with Crippen LogP contribution in [0.3, 0.4) is 0 Å². The number of benzene rings is 1. The van der Waals surface area contributed by atoms with Crippen molar-refractivity contribution in [3.63, 3.8) is 0 Å². The first-order chi connectivity index (χ1) is 12.9. The van der Waals surface area contributed by atoms with Gasteiger partial charge < -0.3 is 15.3 Å². The molecule has 1 aliphatic heterocycles. The highest BCUT2D eigenvalue weighted by Gasteiger charge is 2.30. The second kappa shape index (κ2) is 8.95. The number of anilines is 1. The third-order valence-corrected chi connectivity index (χ3v) is 6.83. The maximum absolute atomic E-state index is 12.2. The van der Waals surface area contributed by atoms with Crippen molar-refractivity contribution in [1.82, 2.24) is 9.88 Å². The van der Waals surface area contributed by atoms with Crippen LogP contribution < -0.4 is 5.32 Å². The van der Waals surface area contributed by atoms with Crippen LogP contribution in [0.15, 0.2) is 27.9 Å². The van der Waals surface area contributed by atoms with E-state index in [0.29, 0.717) is 29.6 Å². The number of thioether (sulfide) groups is 1. The van der Waals surface area contributed by atoms with Crippen molar-refractivity contribution >= 4 is 52.3 Å². The highest BCUT2D eigenvalue weighted by atomic mass is 35.5. The molecule has 1 saturated heterocycles. The van der Waals surface area contributed by atoms with Gasteiger partial charge in [-0.15, -0.1) is 11.3 Å². The summed E-state index contributed by atoms with van der Waals surface area (Å²) in [7, 11) is 0. The molecule has 27 heavy (non-hydrogen) atoms. The number of likely N-dealkylation sites (tertiary alicyclic amines) is 1. The Morgan fingerprint density at radius 3 is 3.04 bits per heavy atom. The Hall–Kier alpha value is -1.77. The number of nitrogens with one attached hydrogen (secondary N) is 1. The molecule has 3 rings (SSSR count).